The fourth-order valence-electron chi connectivity index (χ4n) is 1.37. The van der Waals surface area contributed by atoms with Gasteiger partial charge in [0.1, 0.15) is 6.54 Å². The Labute approximate surface area is 103 Å². The van der Waals surface area contributed by atoms with Gasteiger partial charge in [-0.1, -0.05) is 11.6 Å². The number of rotatable bonds is 3. The summed E-state index contributed by atoms with van der Waals surface area (Å²) in [5.74, 6) is -0.185. The maximum Gasteiger partial charge on any atom is 0.244 e. The molecule has 0 saturated carbocycles. The van der Waals surface area contributed by atoms with Gasteiger partial charge in [0.2, 0.25) is 5.91 Å². The lowest BCUT2D eigenvalue weighted by molar-refractivity contribution is -0.116. The number of hydrogen-bond donors (Lipinski definition) is 2. The van der Waals surface area contributed by atoms with Crippen molar-refractivity contribution in [2.75, 3.05) is 11.1 Å². The van der Waals surface area contributed by atoms with E-state index in [2.05, 4.69) is 10.3 Å². The van der Waals surface area contributed by atoms with Crippen molar-refractivity contribution in [2.24, 2.45) is 0 Å². The highest BCUT2D eigenvalue weighted by molar-refractivity contribution is 6.33. The molecule has 0 radical (unpaired) electrons. The maximum atomic E-state index is 11.7. The van der Waals surface area contributed by atoms with Crippen molar-refractivity contribution in [3.8, 4) is 0 Å². The van der Waals surface area contributed by atoms with E-state index in [1.54, 1.807) is 41.5 Å². The average molecular weight is 251 g/mol. The average Bonchev–Trinajstić information content (AvgIpc) is 2.76. The van der Waals surface area contributed by atoms with Crippen LogP contribution in [0.15, 0.2) is 36.9 Å². The number of carbonyl (C=O) groups is 1. The zero-order valence-electron chi connectivity index (χ0n) is 8.93. The third-order valence-electron chi connectivity index (χ3n) is 2.15. The predicted molar refractivity (Wildman–Crippen MR) is 66.7 cm³/mol. The maximum absolute atomic E-state index is 11.7. The number of nitrogens with zero attached hydrogens (tertiary/aromatic N) is 2. The zero-order chi connectivity index (χ0) is 12.3. The summed E-state index contributed by atoms with van der Waals surface area (Å²) in [5, 5.41) is 3.15. The lowest BCUT2D eigenvalue weighted by atomic mass is 10.3. The van der Waals surface area contributed by atoms with Gasteiger partial charge in [-0.25, -0.2) is 4.98 Å². The standard InChI is InChI=1S/C11H11ClN4O/c12-9-2-1-8(13)5-10(9)15-11(17)6-16-4-3-14-7-16/h1-5,7H,6,13H2,(H,15,17). The number of hydrogen-bond acceptors (Lipinski definition) is 3. The molecule has 0 bridgehead atoms. The monoisotopic (exact) mass is 250 g/mol. The molecule has 0 saturated heterocycles. The summed E-state index contributed by atoms with van der Waals surface area (Å²) in [6.07, 6.45) is 4.89. The minimum atomic E-state index is -0.185. The Bertz CT molecular complexity index is 524. The summed E-state index contributed by atoms with van der Waals surface area (Å²) in [5.41, 5.74) is 6.67. The molecule has 0 aliphatic heterocycles. The molecular weight excluding hydrogens is 240 g/mol. The predicted octanol–water partition coefficient (Wildman–Crippen LogP) is 1.76. The van der Waals surface area contributed by atoms with Crippen molar-refractivity contribution in [1.29, 1.82) is 0 Å². The molecule has 5 nitrogen and oxygen atoms in total. The van der Waals surface area contributed by atoms with Crippen LogP contribution in [0.4, 0.5) is 11.4 Å². The van der Waals surface area contributed by atoms with Crippen molar-refractivity contribution < 1.29 is 4.79 Å². The molecule has 0 unspecified atom stereocenters. The molecule has 1 aromatic carbocycles. The Morgan fingerprint density at radius 1 is 1.53 bits per heavy atom. The van der Waals surface area contributed by atoms with Crippen molar-refractivity contribution >= 4 is 28.9 Å². The lowest BCUT2D eigenvalue weighted by Gasteiger charge is -2.08. The van der Waals surface area contributed by atoms with Gasteiger partial charge >= 0.3 is 0 Å². The number of amides is 1. The second kappa shape index (κ2) is 4.88. The molecule has 3 N–H and O–H groups in total. The fourth-order valence-corrected chi connectivity index (χ4v) is 1.54. The Morgan fingerprint density at radius 3 is 3.06 bits per heavy atom. The molecule has 1 aromatic heterocycles. The van der Waals surface area contributed by atoms with E-state index in [0.29, 0.717) is 16.4 Å². The van der Waals surface area contributed by atoms with Gasteiger partial charge in [0, 0.05) is 18.1 Å². The lowest BCUT2D eigenvalue weighted by Crippen LogP contribution is -2.18. The Morgan fingerprint density at radius 2 is 2.35 bits per heavy atom. The number of nitrogens with one attached hydrogen (secondary N) is 1. The summed E-state index contributed by atoms with van der Waals surface area (Å²) in [7, 11) is 0. The summed E-state index contributed by atoms with van der Waals surface area (Å²) < 4.78 is 1.66. The largest absolute Gasteiger partial charge is 0.399 e. The van der Waals surface area contributed by atoms with E-state index in [1.807, 2.05) is 0 Å². The van der Waals surface area contributed by atoms with Gasteiger partial charge in [0.05, 0.1) is 17.0 Å². The van der Waals surface area contributed by atoms with E-state index in [0.717, 1.165) is 0 Å². The topological polar surface area (TPSA) is 72.9 Å². The van der Waals surface area contributed by atoms with Crippen LogP contribution in [0.2, 0.25) is 5.02 Å². The summed E-state index contributed by atoms with van der Waals surface area (Å²) >= 11 is 5.93. The van der Waals surface area contributed by atoms with E-state index < -0.39 is 0 Å². The highest BCUT2D eigenvalue weighted by Gasteiger charge is 2.06. The number of carbonyl (C=O) groups excluding carboxylic acids is 1. The molecule has 0 spiro atoms. The molecule has 0 aliphatic rings. The molecule has 88 valence electrons. The first kappa shape index (κ1) is 11.5. The summed E-state index contributed by atoms with van der Waals surface area (Å²) in [4.78, 5) is 15.5. The Kier molecular flexibility index (Phi) is 3.30. The normalized spacial score (nSPS) is 10.2. The van der Waals surface area contributed by atoms with Gasteiger partial charge in [-0.05, 0) is 18.2 Å². The molecule has 1 amide bonds. The van der Waals surface area contributed by atoms with E-state index in [9.17, 15) is 4.79 Å². The third kappa shape index (κ3) is 2.98. The molecule has 0 atom stereocenters. The first-order chi connectivity index (χ1) is 8.15. The van der Waals surface area contributed by atoms with Gasteiger partial charge in [0.15, 0.2) is 0 Å². The molecule has 2 aromatic rings. The molecule has 17 heavy (non-hydrogen) atoms. The highest BCUT2D eigenvalue weighted by atomic mass is 35.5. The van der Waals surface area contributed by atoms with E-state index in [1.165, 1.54) is 0 Å². The molecular formula is C11H11ClN4O. The number of nitrogen functional groups attached to an aromatic ring is 1. The molecule has 0 aliphatic carbocycles. The first-order valence-corrected chi connectivity index (χ1v) is 5.33. The summed E-state index contributed by atoms with van der Waals surface area (Å²) in [6.45, 7) is 0.186. The molecule has 1 heterocycles. The highest BCUT2D eigenvalue weighted by Crippen LogP contribution is 2.23. The van der Waals surface area contributed by atoms with Gasteiger partial charge in [-0.3, -0.25) is 4.79 Å². The van der Waals surface area contributed by atoms with Crippen LogP contribution in [0, 0.1) is 0 Å². The van der Waals surface area contributed by atoms with Crippen LogP contribution >= 0.6 is 11.6 Å². The fraction of sp³-hybridized carbons (Fsp3) is 0.0909. The smallest absolute Gasteiger partial charge is 0.244 e. The number of aromatic nitrogens is 2. The number of benzene rings is 1. The van der Waals surface area contributed by atoms with Gasteiger partial charge in [-0.2, -0.15) is 0 Å². The van der Waals surface area contributed by atoms with Crippen molar-refractivity contribution in [1.82, 2.24) is 9.55 Å². The minimum Gasteiger partial charge on any atom is -0.399 e. The molecule has 2 rings (SSSR count). The third-order valence-corrected chi connectivity index (χ3v) is 2.48. The quantitative estimate of drug-likeness (QED) is 0.816. The zero-order valence-corrected chi connectivity index (χ0v) is 9.69. The number of halogens is 1. The second-order valence-electron chi connectivity index (χ2n) is 3.52. The van der Waals surface area contributed by atoms with Crippen LogP contribution in [-0.2, 0) is 11.3 Å². The van der Waals surface area contributed by atoms with Gasteiger partial charge in [-0.15, -0.1) is 0 Å². The SMILES string of the molecule is Nc1ccc(Cl)c(NC(=O)Cn2ccnc2)c1. The van der Waals surface area contributed by atoms with Crippen molar-refractivity contribution in [2.45, 2.75) is 6.54 Å². The number of anilines is 2. The molecule has 6 heteroatoms. The Hall–Kier alpha value is -2.01. The van der Waals surface area contributed by atoms with Crippen LogP contribution in [0.3, 0.4) is 0 Å². The van der Waals surface area contributed by atoms with E-state index >= 15 is 0 Å². The van der Waals surface area contributed by atoms with Crippen LogP contribution in [0.25, 0.3) is 0 Å². The van der Waals surface area contributed by atoms with E-state index in [-0.39, 0.29) is 12.5 Å². The van der Waals surface area contributed by atoms with Crippen LogP contribution in [0.1, 0.15) is 0 Å². The first-order valence-electron chi connectivity index (χ1n) is 4.96. The van der Waals surface area contributed by atoms with Crippen molar-refractivity contribution in [3.63, 3.8) is 0 Å². The van der Waals surface area contributed by atoms with Gasteiger partial charge < -0.3 is 15.6 Å². The van der Waals surface area contributed by atoms with Crippen molar-refractivity contribution in [3.05, 3.63) is 41.9 Å². The van der Waals surface area contributed by atoms with Crippen LogP contribution in [0.5, 0.6) is 0 Å². The second-order valence-corrected chi connectivity index (χ2v) is 3.93. The number of imidazole rings is 1. The van der Waals surface area contributed by atoms with Gasteiger partial charge in [0.25, 0.3) is 0 Å². The van der Waals surface area contributed by atoms with Crippen LogP contribution < -0.4 is 11.1 Å². The minimum absolute atomic E-state index is 0.185. The molecule has 0 fully saturated rings. The Balaban J connectivity index is 2.05. The summed E-state index contributed by atoms with van der Waals surface area (Å²) in [6, 6.07) is 4.94. The van der Waals surface area contributed by atoms with Crippen LogP contribution in [-0.4, -0.2) is 15.5 Å². The van der Waals surface area contributed by atoms with E-state index in [4.69, 9.17) is 17.3 Å². The number of nitrogens with two attached hydrogens (primary N) is 1.